The Morgan fingerprint density at radius 1 is 0.738 bits per heavy atom. The molecule has 5 aromatic rings. The van der Waals surface area contributed by atoms with Crippen LogP contribution in [-0.4, -0.2) is 69.3 Å². The van der Waals surface area contributed by atoms with Crippen molar-refractivity contribution in [1.29, 1.82) is 0 Å². The van der Waals surface area contributed by atoms with Gasteiger partial charge < -0.3 is 20.0 Å². The fourth-order valence-corrected chi connectivity index (χ4v) is 5.77. The Morgan fingerprint density at radius 2 is 1.19 bits per heavy atom. The Kier molecular flexibility index (Phi) is 10.3. The molecule has 2 saturated heterocycles. The van der Waals surface area contributed by atoms with E-state index in [0.29, 0.717) is 23.5 Å². The molecule has 0 unspecified atom stereocenters. The number of fused-ring (bicyclic) bond motifs is 2. The number of aliphatic imine (C=N–C) groups is 2. The number of rotatable bonds is 6. The van der Waals surface area contributed by atoms with Crippen LogP contribution in [0.4, 0.5) is 11.4 Å². The van der Waals surface area contributed by atoms with Gasteiger partial charge in [-0.1, -0.05) is 12.1 Å². The molecule has 2 fully saturated rings. The summed E-state index contributed by atoms with van der Waals surface area (Å²) in [7, 11) is 4.31. The van der Waals surface area contributed by atoms with E-state index < -0.39 is 0 Å². The van der Waals surface area contributed by atoms with E-state index in [9.17, 15) is 0 Å². The Balaban J connectivity index is 0.00000176. The topological polar surface area (TPSA) is 88.6 Å². The van der Waals surface area contributed by atoms with E-state index in [-0.39, 0.29) is 65.4 Å². The number of H-pyrrole nitrogens is 2. The van der Waals surface area contributed by atoms with Crippen molar-refractivity contribution in [3.8, 4) is 0 Å². The smallest absolute Gasteiger partial charge is 0.123 e. The van der Waals surface area contributed by atoms with Crippen LogP contribution < -0.4 is 0 Å². The summed E-state index contributed by atoms with van der Waals surface area (Å²) in [6.07, 6.45) is 10.9. The first-order valence-electron chi connectivity index (χ1n) is 13.9. The molecular formula is C32H30N8Y2-4. The summed E-state index contributed by atoms with van der Waals surface area (Å²) in [5.41, 5.74) is 6.97. The van der Waals surface area contributed by atoms with Crippen LogP contribution in [0.2, 0.25) is 0 Å². The second kappa shape index (κ2) is 13.8. The van der Waals surface area contributed by atoms with Gasteiger partial charge in [0.25, 0.3) is 0 Å². The maximum absolute atomic E-state index is 4.80. The summed E-state index contributed by atoms with van der Waals surface area (Å²) in [6.45, 7) is 2.23. The van der Waals surface area contributed by atoms with Gasteiger partial charge in [0.2, 0.25) is 0 Å². The Hall–Kier alpha value is -1.93. The maximum Gasteiger partial charge on any atom is 0.123 e. The molecule has 8 nitrogen and oxygen atoms in total. The molecule has 2 aliphatic heterocycles. The van der Waals surface area contributed by atoms with Crippen LogP contribution in [0, 0.1) is 12.1 Å². The number of aromatic amines is 2. The summed E-state index contributed by atoms with van der Waals surface area (Å²) >= 11 is 0. The number of likely N-dealkylation sites (tertiary alicyclic amines) is 2. The number of aromatic nitrogens is 4. The van der Waals surface area contributed by atoms with Gasteiger partial charge in [0.1, 0.15) is 11.6 Å². The number of benzene rings is 3. The Bertz CT molecular complexity index is 1600. The number of nitrogens with zero attached hydrogens (tertiary/aromatic N) is 6. The van der Waals surface area contributed by atoms with Gasteiger partial charge in [-0.3, -0.25) is 28.0 Å². The molecule has 2 N–H and O–H groups in total. The van der Waals surface area contributed by atoms with Crippen molar-refractivity contribution in [2.75, 3.05) is 27.2 Å². The zero-order chi connectivity index (χ0) is 27.1. The minimum atomic E-state index is 0. The second-order valence-corrected chi connectivity index (χ2v) is 10.8. The quantitative estimate of drug-likeness (QED) is 0.172. The zero-order valence-electron chi connectivity index (χ0n) is 23.9. The van der Waals surface area contributed by atoms with Crippen molar-refractivity contribution in [2.24, 2.45) is 9.98 Å². The van der Waals surface area contributed by atoms with Gasteiger partial charge in [-0.25, -0.2) is 16.0 Å². The van der Waals surface area contributed by atoms with Crippen molar-refractivity contribution in [2.45, 2.75) is 37.8 Å². The van der Waals surface area contributed by atoms with Crippen molar-refractivity contribution in [3.05, 3.63) is 83.4 Å². The second-order valence-electron chi connectivity index (χ2n) is 10.8. The largest absolute Gasteiger partial charge is 0.395 e. The average molecular weight is 704 g/mol. The molecule has 2 aromatic heterocycles. The van der Waals surface area contributed by atoms with Crippen LogP contribution in [0.5, 0.6) is 0 Å². The Labute approximate surface area is 296 Å². The van der Waals surface area contributed by atoms with E-state index in [1.165, 1.54) is 12.8 Å². The van der Waals surface area contributed by atoms with Gasteiger partial charge in [-0.05, 0) is 65.3 Å². The van der Waals surface area contributed by atoms with Crippen LogP contribution in [0.1, 0.15) is 60.5 Å². The van der Waals surface area contributed by atoms with E-state index in [4.69, 9.17) is 9.97 Å². The minimum Gasteiger partial charge on any atom is -0.395 e. The summed E-state index contributed by atoms with van der Waals surface area (Å²) in [5, 5.41) is 0. The van der Waals surface area contributed by atoms with Crippen LogP contribution in [0.3, 0.4) is 0 Å². The monoisotopic (exact) mass is 704 g/mol. The predicted octanol–water partition coefficient (Wildman–Crippen LogP) is 5.82. The van der Waals surface area contributed by atoms with Crippen LogP contribution in [-0.2, 0) is 65.4 Å². The molecule has 4 heterocycles. The first-order valence-corrected chi connectivity index (χ1v) is 13.9. The van der Waals surface area contributed by atoms with Gasteiger partial charge in [0.05, 0.1) is 23.1 Å². The Morgan fingerprint density at radius 3 is 1.57 bits per heavy atom. The molecule has 7 rings (SSSR count). The third kappa shape index (κ3) is 6.74. The molecule has 3 aromatic carbocycles. The molecule has 2 aliphatic rings. The van der Waals surface area contributed by atoms with Gasteiger partial charge in [-0.15, -0.1) is 35.4 Å². The molecule has 208 valence electrons. The van der Waals surface area contributed by atoms with E-state index in [0.717, 1.165) is 70.8 Å². The van der Waals surface area contributed by atoms with Gasteiger partial charge in [0.15, 0.2) is 0 Å². The standard InChI is InChI=1S/C32H30N8.2Y/c1-39-15-3-5-29(39)31-35-25-13-7-21(17-27(25)37-31)19-33-23-9-11-24(12-10-23)34-20-22-8-14-26-28(18-22)38-32(36-26)30-6-4-16-40(30)2;;/h7-9,12-14,17-18,29-30H,3-6,15-16H2,1-2H3,(H,35,37)(H,36,38);;/q-4;;/t29-,30-;;/m0../s1. The third-order valence-corrected chi connectivity index (χ3v) is 8.00. The number of hydrogen-bond donors (Lipinski definition) is 2. The number of nitrogens with one attached hydrogen (secondary N) is 2. The van der Waals surface area contributed by atoms with Crippen molar-refractivity contribution in [1.82, 2.24) is 29.7 Å². The predicted molar refractivity (Wildman–Crippen MR) is 158 cm³/mol. The van der Waals surface area contributed by atoms with E-state index >= 15 is 0 Å². The van der Waals surface area contributed by atoms with Crippen LogP contribution >= 0.6 is 0 Å². The summed E-state index contributed by atoms with van der Waals surface area (Å²) in [4.78, 5) is 30.2. The SMILES string of the molecule is CN1CCC[C@H]1c1nc2ccc([C-]=Nc3[c-]cc(N=[C-]c4ccc5nc([C@@H]6CCCN6C)[nH]c5c4)[c-]c3)cc2[nH]1.[Y].[Y]. The maximum atomic E-state index is 4.80. The minimum absolute atomic E-state index is 0. The molecule has 0 saturated carbocycles. The molecule has 2 atom stereocenters. The van der Waals surface area contributed by atoms with Crippen molar-refractivity contribution < 1.29 is 65.4 Å². The van der Waals surface area contributed by atoms with Crippen molar-refractivity contribution >= 4 is 45.9 Å². The van der Waals surface area contributed by atoms with Crippen LogP contribution in [0.15, 0.2) is 58.5 Å². The number of hydrogen-bond acceptors (Lipinski definition) is 6. The fraction of sp³-hybridized carbons (Fsp3) is 0.312. The fourth-order valence-electron chi connectivity index (χ4n) is 5.77. The summed E-state index contributed by atoms with van der Waals surface area (Å²) < 4.78 is 0. The molecule has 0 aliphatic carbocycles. The van der Waals surface area contributed by atoms with Gasteiger partial charge >= 0.3 is 0 Å². The van der Waals surface area contributed by atoms with E-state index in [1.807, 2.05) is 36.4 Å². The van der Waals surface area contributed by atoms with Crippen molar-refractivity contribution in [3.63, 3.8) is 0 Å². The molecule has 10 heteroatoms. The third-order valence-electron chi connectivity index (χ3n) is 8.00. The summed E-state index contributed by atoms with van der Waals surface area (Å²) in [5.74, 6) is 2.07. The molecule has 0 bridgehead atoms. The van der Waals surface area contributed by atoms with Gasteiger partial charge in [0, 0.05) is 76.5 Å². The van der Waals surface area contributed by atoms with E-state index in [2.05, 4.69) is 68.4 Å². The first-order chi connectivity index (χ1) is 19.6. The molecular weight excluding hydrogens is 674 g/mol. The molecule has 2 radical (unpaired) electrons. The van der Waals surface area contributed by atoms with E-state index in [1.54, 1.807) is 12.1 Å². The molecule has 0 spiro atoms. The van der Waals surface area contributed by atoms with Gasteiger partial charge in [-0.2, -0.15) is 11.4 Å². The first kappa shape index (κ1) is 31.5. The molecule has 42 heavy (non-hydrogen) atoms. The zero-order valence-corrected chi connectivity index (χ0v) is 29.5. The summed E-state index contributed by atoms with van der Waals surface area (Å²) in [6, 6.07) is 22.6. The average Bonchev–Trinajstić information content (AvgIpc) is 3.76. The van der Waals surface area contributed by atoms with Crippen LogP contribution in [0.25, 0.3) is 22.1 Å². The number of imidazole rings is 2. The normalized spacial score (nSPS) is 19.8. The molecule has 0 amide bonds.